The number of hydrogen-bond acceptors (Lipinski definition) is 4. The lowest BCUT2D eigenvalue weighted by atomic mass is 10.1. The molecule has 0 fully saturated rings. The Balaban J connectivity index is 2.27. The smallest absolute Gasteiger partial charge is 0.219 e. The summed E-state index contributed by atoms with van der Waals surface area (Å²) in [7, 11) is 0. The molecule has 0 spiro atoms. The van der Waals surface area contributed by atoms with E-state index in [0.29, 0.717) is 15.4 Å². The number of halogens is 1. The third-order valence-electron chi connectivity index (χ3n) is 3.23. The molecule has 0 saturated carbocycles. The van der Waals surface area contributed by atoms with Gasteiger partial charge in [0.25, 0.3) is 0 Å². The fourth-order valence-corrected chi connectivity index (χ4v) is 2.89. The van der Waals surface area contributed by atoms with Gasteiger partial charge in [-0.3, -0.25) is 4.79 Å². The zero-order valence-electron chi connectivity index (χ0n) is 11.7. The average Bonchev–Trinajstić information content (AvgIpc) is 2.50. The van der Waals surface area contributed by atoms with Crippen molar-refractivity contribution in [1.82, 2.24) is 0 Å². The zero-order chi connectivity index (χ0) is 15.7. The van der Waals surface area contributed by atoms with E-state index in [4.69, 9.17) is 4.42 Å². The second kappa shape index (κ2) is 5.66. The topological polar surface area (TPSA) is 66.0 Å². The highest BCUT2D eigenvalue weighted by Crippen LogP contribution is 2.29. The lowest BCUT2D eigenvalue weighted by molar-refractivity contribution is 0.618. The van der Waals surface area contributed by atoms with Crippen LogP contribution < -0.4 is 10.7 Å². The van der Waals surface area contributed by atoms with Crippen molar-refractivity contribution in [3.05, 3.63) is 68.3 Å². The van der Waals surface area contributed by atoms with Crippen molar-refractivity contribution in [2.45, 2.75) is 6.92 Å². The Morgan fingerprint density at radius 3 is 2.64 bits per heavy atom. The zero-order valence-corrected chi connectivity index (χ0v) is 13.3. The van der Waals surface area contributed by atoms with E-state index < -0.39 is 0 Å². The summed E-state index contributed by atoms with van der Waals surface area (Å²) in [6, 6.07) is 14.8. The minimum absolute atomic E-state index is 0.0335. The van der Waals surface area contributed by atoms with E-state index in [1.807, 2.05) is 49.4 Å². The van der Waals surface area contributed by atoms with Gasteiger partial charge in [-0.15, -0.1) is 0 Å². The molecule has 4 nitrogen and oxygen atoms in total. The second-order valence-corrected chi connectivity index (χ2v) is 5.72. The van der Waals surface area contributed by atoms with E-state index in [0.717, 1.165) is 11.3 Å². The summed E-state index contributed by atoms with van der Waals surface area (Å²) in [5, 5.41) is 12.7. The molecular formula is C17H11BrN2O2. The van der Waals surface area contributed by atoms with Crippen LogP contribution in [0, 0.1) is 18.3 Å². The molecule has 0 bridgehead atoms. The molecule has 108 valence electrons. The van der Waals surface area contributed by atoms with Crippen LogP contribution in [0.4, 0.5) is 11.6 Å². The van der Waals surface area contributed by atoms with E-state index >= 15 is 0 Å². The van der Waals surface area contributed by atoms with Crippen LogP contribution in [0.15, 0.2) is 56.1 Å². The van der Waals surface area contributed by atoms with Gasteiger partial charge in [-0.05, 0) is 52.7 Å². The summed E-state index contributed by atoms with van der Waals surface area (Å²) >= 11 is 3.40. The first-order valence-corrected chi connectivity index (χ1v) is 7.38. The van der Waals surface area contributed by atoms with Crippen LogP contribution in [-0.2, 0) is 0 Å². The third-order valence-corrected chi connectivity index (χ3v) is 3.82. The number of nitriles is 1. The van der Waals surface area contributed by atoms with E-state index in [1.54, 1.807) is 6.07 Å². The number of nitrogens with zero attached hydrogens (tertiary/aromatic N) is 1. The first-order valence-electron chi connectivity index (χ1n) is 6.59. The van der Waals surface area contributed by atoms with Gasteiger partial charge in [0, 0.05) is 5.69 Å². The normalized spacial score (nSPS) is 10.4. The van der Waals surface area contributed by atoms with Gasteiger partial charge in [-0.25, -0.2) is 0 Å². The minimum Gasteiger partial charge on any atom is -0.437 e. The van der Waals surface area contributed by atoms with Crippen LogP contribution >= 0.6 is 15.9 Å². The number of fused-ring (bicyclic) bond motifs is 1. The molecule has 0 unspecified atom stereocenters. The molecule has 22 heavy (non-hydrogen) atoms. The molecule has 1 aromatic heterocycles. The van der Waals surface area contributed by atoms with Gasteiger partial charge in [0.15, 0.2) is 11.1 Å². The molecule has 0 atom stereocenters. The van der Waals surface area contributed by atoms with Crippen molar-refractivity contribution >= 4 is 38.5 Å². The Bertz CT molecular complexity index is 956. The Hall–Kier alpha value is -2.58. The highest BCUT2D eigenvalue weighted by molar-refractivity contribution is 9.10. The first kappa shape index (κ1) is 14.4. The molecule has 3 rings (SSSR count). The van der Waals surface area contributed by atoms with Gasteiger partial charge < -0.3 is 9.73 Å². The standard InChI is InChI=1S/C17H11BrN2O2/c1-10-7-12-15(21)13(9-19)17(22-16(12)14(18)8-10)20-11-5-3-2-4-6-11/h2-8,20H,1H3. The highest BCUT2D eigenvalue weighted by atomic mass is 79.9. The number of benzene rings is 2. The van der Waals surface area contributed by atoms with Crippen molar-refractivity contribution in [2.75, 3.05) is 5.32 Å². The van der Waals surface area contributed by atoms with E-state index in [9.17, 15) is 10.1 Å². The van der Waals surface area contributed by atoms with Gasteiger partial charge in [0.05, 0.1) is 9.86 Å². The predicted molar refractivity (Wildman–Crippen MR) is 89.4 cm³/mol. The second-order valence-electron chi connectivity index (χ2n) is 4.86. The van der Waals surface area contributed by atoms with Crippen LogP contribution in [0.1, 0.15) is 11.1 Å². The summed E-state index contributed by atoms with van der Waals surface area (Å²) in [6.07, 6.45) is 0. The highest BCUT2D eigenvalue weighted by Gasteiger charge is 2.16. The van der Waals surface area contributed by atoms with Crippen LogP contribution in [0.25, 0.3) is 11.0 Å². The molecule has 3 aromatic rings. The number of rotatable bonds is 2. The molecule has 2 aromatic carbocycles. The predicted octanol–water partition coefficient (Wildman–Crippen LogP) is 4.48. The number of hydrogen-bond donors (Lipinski definition) is 1. The monoisotopic (exact) mass is 354 g/mol. The molecular weight excluding hydrogens is 344 g/mol. The van der Waals surface area contributed by atoms with Crippen molar-refractivity contribution in [3.63, 3.8) is 0 Å². The van der Waals surface area contributed by atoms with E-state index in [2.05, 4.69) is 21.2 Å². The molecule has 0 aliphatic carbocycles. The number of aryl methyl sites for hydroxylation is 1. The van der Waals surface area contributed by atoms with Crippen molar-refractivity contribution in [2.24, 2.45) is 0 Å². The van der Waals surface area contributed by atoms with Gasteiger partial charge >= 0.3 is 0 Å². The third kappa shape index (κ3) is 2.49. The Labute approximate surface area is 135 Å². The SMILES string of the molecule is Cc1cc(Br)c2oc(Nc3ccccc3)c(C#N)c(=O)c2c1. The summed E-state index contributed by atoms with van der Waals surface area (Å²) in [4.78, 5) is 12.5. The number of anilines is 2. The quantitative estimate of drug-likeness (QED) is 0.736. The van der Waals surface area contributed by atoms with Gasteiger partial charge in [0.2, 0.25) is 11.3 Å². The summed E-state index contributed by atoms with van der Waals surface area (Å²) in [5.74, 6) is 0.149. The molecule has 0 aliphatic rings. The Morgan fingerprint density at radius 2 is 1.95 bits per heavy atom. The molecule has 0 saturated heterocycles. The Morgan fingerprint density at radius 1 is 1.23 bits per heavy atom. The number of para-hydroxylation sites is 1. The van der Waals surface area contributed by atoms with Gasteiger partial charge in [0.1, 0.15) is 6.07 Å². The fraction of sp³-hybridized carbons (Fsp3) is 0.0588. The molecule has 5 heteroatoms. The average molecular weight is 355 g/mol. The molecule has 1 heterocycles. The lowest BCUT2D eigenvalue weighted by Gasteiger charge is -2.09. The minimum atomic E-state index is -0.341. The lowest BCUT2D eigenvalue weighted by Crippen LogP contribution is -2.10. The van der Waals surface area contributed by atoms with E-state index in [1.165, 1.54) is 0 Å². The molecule has 0 aliphatic heterocycles. The first-order chi connectivity index (χ1) is 10.6. The maximum atomic E-state index is 12.5. The van der Waals surface area contributed by atoms with Crippen LogP contribution in [0.3, 0.4) is 0 Å². The molecule has 1 N–H and O–H groups in total. The molecule has 0 radical (unpaired) electrons. The summed E-state index contributed by atoms with van der Waals surface area (Å²) in [6.45, 7) is 1.88. The maximum absolute atomic E-state index is 12.5. The van der Waals surface area contributed by atoms with Gasteiger partial charge in [-0.1, -0.05) is 18.2 Å². The maximum Gasteiger partial charge on any atom is 0.219 e. The summed E-state index contributed by atoms with van der Waals surface area (Å²) < 4.78 is 6.45. The van der Waals surface area contributed by atoms with Crippen molar-refractivity contribution in [1.29, 1.82) is 5.26 Å². The van der Waals surface area contributed by atoms with E-state index in [-0.39, 0.29) is 16.9 Å². The van der Waals surface area contributed by atoms with Crippen LogP contribution in [0.2, 0.25) is 0 Å². The van der Waals surface area contributed by atoms with Crippen molar-refractivity contribution in [3.8, 4) is 6.07 Å². The van der Waals surface area contributed by atoms with Crippen LogP contribution in [0.5, 0.6) is 0 Å². The number of nitrogens with one attached hydrogen (secondary N) is 1. The van der Waals surface area contributed by atoms with Gasteiger partial charge in [-0.2, -0.15) is 5.26 Å². The van der Waals surface area contributed by atoms with Crippen LogP contribution in [-0.4, -0.2) is 0 Å². The Kier molecular flexibility index (Phi) is 3.70. The van der Waals surface area contributed by atoms with Crippen molar-refractivity contribution < 1.29 is 4.42 Å². The molecule has 0 amide bonds. The largest absolute Gasteiger partial charge is 0.437 e. The fourth-order valence-electron chi connectivity index (χ4n) is 2.23. The summed E-state index contributed by atoms with van der Waals surface area (Å²) in [5.41, 5.74) is 1.71.